The fourth-order valence-corrected chi connectivity index (χ4v) is 4.13. The number of hydrogen-bond acceptors (Lipinski definition) is 5. The van der Waals surface area contributed by atoms with E-state index >= 15 is 0 Å². The van der Waals surface area contributed by atoms with Gasteiger partial charge in [-0.25, -0.2) is 9.97 Å². The molecule has 8 heteroatoms. The standard InChI is InChI=1S/C18H21ClN4O2S/c1-2-12-11-23(17(25)14-3-5-20-15(19)9-14)7-4-13(12)10-16(24)22-18-21-6-8-26-18/h3,5-6,8-9,12-13H,2,4,7,10-11H2,1H3,(H,21,22,24)/t12-,13-/m0/s1. The summed E-state index contributed by atoms with van der Waals surface area (Å²) in [7, 11) is 0. The molecule has 0 aliphatic carbocycles. The predicted octanol–water partition coefficient (Wildman–Crippen LogP) is 3.71. The van der Waals surface area contributed by atoms with E-state index < -0.39 is 0 Å². The van der Waals surface area contributed by atoms with Crippen molar-refractivity contribution in [3.05, 3.63) is 40.6 Å². The lowest BCUT2D eigenvalue weighted by Gasteiger charge is -2.38. The molecule has 1 N–H and O–H groups in total. The van der Waals surface area contributed by atoms with Gasteiger partial charge in [0.25, 0.3) is 5.91 Å². The predicted molar refractivity (Wildman–Crippen MR) is 102 cm³/mol. The lowest BCUT2D eigenvalue weighted by atomic mass is 9.81. The molecule has 3 heterocycles. The van der Waals surface area contributed by atoms with Crippen LogP contribution in [0.15, 0.2) is 29.9 Å². The lowest BCUT2D eigenvalue weighted by molar-refractivity contribution is -0.117. The molecule has 0 spiro atoms. The number of nitrogens with zero attached hydrogens (tertiary/aromatic N) is 3. The van der Waals surface area contributed by atoms with E-state index in [1.165, 1.54) is 11.3 Å². The summed E-state index contributed by atoms with van der Waals surface area (Å²) in [6.45, 7) is 3.41. The maximum atomic E-state index is 12.7. The number of thiazole rings is 1. The van der Waals surface area contributed by atoms with E-state index in [4.69, 9.17) is 11.6 Å². The Hall–Kier alpha value is -1.99. The molecule has 138 valence electrons. The zero-order valence-electron chi connectivity index (χ0n) is 14.5. The topological polar surface area (TPSA) is 75.2 Å². The van der Waals surface area contributed by atoms with E-state index in [2.05, 4.69) is 22.2 Å². The van der Waals surface area contributed by atoms with Crippen LogP contribution >= 0.6 is 22.9 Å². The number of anilines is 1. The highest BCUT2D eigenvalue weighted by atomic mass is 35.5. The Morgan fingerprint density at radius 3 is 2.88 bits per heavy atom. The zero-order chi connectivity index (χ0) is 18.5. The first-order valence-electron chi connectivity index (χ1n) is 8.67. The Kier molecular flexibility index (Phi) is 6.21. The van der Waals surface area contributed by atoms with E-state index in [1.54, 1.807) is 24.5 Å². The van der Waals surface area contributed by atoms with E-state index in [0.717, 1.165) is 12.8 Å². The summed E-state index contributed by atoms with van der Waals surface area (Å²) in [5.41, 5.74) is 0.555. The van der Waals surface area contributed by atoms with Crippen LogP contribution in [0.25, 0.3) is 0 Å². The Bertz CT molecular complexity index is 768. The largest absolute Gasteiger partial charge is 0.338 e. The van der Waals surface area contributed by atoms with Gasteiger partial charge >= 0.3 is 0 Å². The molecule has 2 aromatic heterocycles. The molecule has 26 heavy (non-hydrogen) atoms. The Balaban J connectivity index is 1.59. The highest BCUT2D eigenvalue weighted by Gasteiger charge is 2.32. The Labute approximate surface area is 161 Å². The van der Waals surface area contributed by atoms with Gasteiger partial charge in [-0.3, -0.25) is 9.59 Å². The molecular formula is C18H21ClN4O2S. The molecule has 3 rings (SSSR count). The van der Waals surface area contributed by atoms with E-state index in [9.17, 15) is 9.59 Å². The number of pyridine rings is 1. The van der Waals surface area contributed by atoms with Gasteiger partial charge in [-0.1, -0.05) is 24.9 Å². The summed E-state index contributed by atoms with van der Waals surface area (Å²) in [5, 5.41) is 5.63. The van der Waals surface area contributed by atoms with Crippen LogP contribution in [0, 0.1) is 11.8 Å². The summed E-state index contributed by atoms with van der Waals surface area (Å²) < 4.78 is 0. The molecule has 0 radical (unpaired) electrons. The van der Waals surface area contributed by atoms with Crippen LogP contribution < -0.4 is 5.32 Å². The van der Waals surface area contributed by atoms with Crippen molar-refractivity contribution < 1.29 is 9.59 Å². The van der Waals surface area contributed by atoms with Crippen LogP contribution in [0.4, 0.5) is 5.13 Å². The lowest BCUT2D eigenvalue weighted by Crippen LogP contribution is -2.44. The molecule has 2 amide bonds. The van der Waals surface area contributed by atoms with Crippen molar-refractivity contribution in [1.82, 2.24) is 14.9 Å². The molecule has 1 fully saturated rings. The van der Waals surface area contributed by atoms with Gasteiger partial charge in [0.2, 0.25) is 5.91 Å². The second kappa shape index (κ2) is 8.60. The van der Waals surface area contributed by atoms with Crippen molar-refractivity contribution in [1.29, 1.82) is 0 Å². The van der Waals surface area contributed by atoms with E-state index in [-0.39, 0.29) is 17.7 Å². The normalized spacial score (nSPS) is 20.0. The minimum Gasteiger partial charge on any atom is -0.338 e. The second-order valence-electron chi connectivity index (χ2n) is 6.43. The third-order valence-corrected chi connectivity index (χ3v) is 5.70. The number of nitrogens with one attached hydrogen (secondary N) is 1. The second-order valence-corrected chi connectivity index (χ2v) is 7.71. The summed E-state index contributed by atoms with van der Waals surface area (Å²) in [6.07, 6.45) is 5.42. The van der Waals surface area contributed by atoms with Crippen molar-refractivity contribution in [2.24, 2.45) is 11.8 Å². The first-order valence-corrected chi connectivity index (χ1v) is 9.92. The van der Waals surface area contributed by atoms with Gasteiger partial charge in [-0.05, 0) is 30.4 Å². The van der Waals surface area contributed by atoms with Crippen LogP contribution in [-0.4, -0.2) is 39.8 Å². The van der Waals surface area contributed by atoms with Crippen molar-refractivity contribution in [3.63, 3.8) is 0 Å². The molecule has 6 nitrogen and oxygen atoms in total. The summed E-state index contributed by atoms with van der Waals surface area (Å²) in [6, 6.07) is 3.28. The van der Waals surface area contributed by atoms with Gasteiger partial charge in [0.05, 0.1) is 0 Å². The molecule has 2 atom stereocenters. The SMILES string of the molecule is CC[C@H]1CN(C(=O)c2ccnc(Cl)c2)CC[C@H]1CC(=O)Nc1nccs1. The third-order valence-electron chi connectivity index (χ3n) is 4.80. The van der Waals surface area contributed by atoms with Gasteiger partial charge < -0.3 is 10.2 Å². The zero-order valence-corrected chi connectivity index (χ0v) is 16.1. The van der Waals surface area contributed by atoms with Crippen LogP contribution in [0.3, 0.4) is 0 Å². The first-order chi connectivity index (χ1) is 12.6. The van der Waals surface area contributed by atoms with Gasteiger partial charge in [0, 0.05) is 42.8 Å². The number of hydrogen-bond donors (Lipinski definition) is 1. The summed E-state index contributed by atoms with van der Waals surface area (Å²) in [5.74, 6) is 0.527. The molecule has 0 saturated carbocycles. The Morgan fingerprint density at radius 1 is 1.35 bits per heavy atom. The number of piperidine rings is 1. The van der Waals surface area contributed by atoms with Crippen LogP contribution in [0.2, 0.25) is 5.15 Å². The van der Waals surface area contributed by atoms with Gasteiger partial charge in [0.1, 0.15) is 5.15 Å². The highest BCUT2D eigenvalue weighted by molar-refractivity contribution is 7.13. The Morgan fingerprint density at radius 2 is 2.19 bits per heavy atom. The number of carbonyl (C=O) groups excluding carboxylic acids is 2. The van der Waals surface area contributed by atoms with E-state index in [0.29, 0.717) is 41.3 Å². The van der Waals surface area contributed by atoms with Crippen LogP contribution in [0.5, 0.6) is 0 Å². The molecule has 1 aliphatic heterocycles. The number of likely N-dealkylation sites (tertiary alicyclic amines) is 1. The highest BCUT2D eigenvalue weighted by Crippen LogP contribution is 2.30. The monoisotopic (exact) mass is 392 g/mol. The number of rotatable bonds is 5. The first kappa shape index (κ1) is 18.8. The number of aromatic nitrogens is 2. The average Bonchev–Trinajstić information content (AvgIpc) is 3.14. The van der Waals surface area contributed by atoms with Gasteiger partial charge in [0.15, 0.2) is 5.13 Å². The van der Waals surface area contributed by atoms with Crippen molar-refractivity contribution in [2.45, 2.75) is 26.2 Å². The molecule has 0 bridgehead atoms. The average molecular weight is 393 g/mol. The fraction of sp³-hybridized carbons (Fsp3) is 0.444. The number of carbonyl (C=O) groups is 2. The molecule has 1 saturated heterocycles. The van der Waals surface area contributed by atoms with Crippen LogP contribution in [-0.2, 0) is 4.79 Å². The van der Waals surface area contributed by atoms with Crippen LogP contribution in [0.1, 0.15) is 36.5 Å². The minimum absolute atomic E-state index is 0.0101. The minimum atomic E-state index is -0.0292. The molecule has 0 aromatic carbocycles. The number of halogens is 1. The smallest absolute Gasteiger partial charge is 0.254 e. The summed E-state index contributed by atoms with van der Waals surface area (Å²) >= 11 is 7.30. The number of amides is 2. The van der Waals surface area contributed by atoms with Gasteiger partial charge in [-0.15, -0.1) is 11.3 Å². The van der Waals surface area contributed by atoms with Crippen molar-refractivity contribution >= 4 is 39.9 Å². The maximum Gasteiger partial charge on any atom is 0.254 e. The third kappa shape index (κ3) is 4.59. The van der Waals surface area contributed by atoms with Gasteiger partial charge in [-0.2, -0.15) is 0 Å². The summed E-state index contributed by atoms with van der Waals surface area (Å²) in [4.78, 5) is 34.8. The maximum absolute atomic E-state index is 12.7. The van der Waals surface area contributed by atoms with E-state index in [1.807, 2.05) is 10.3 Å². The molecular weight excluding hydrogens is 372 g/mol. The fourth-order valence-electron chi connectivity index (χ4n) is 3.41. The van der Waals surface area contributed by atoms with Crippen molar-refractivity contribution in [3.8, 4) is 0 Å². The molecule has 1 aliphatic rings. The molecule has 0 unspecified atom stereocenters. The van der Waals surface area contributed by atoms with Crippen molar-refractivity contribution in [2.75, 3.05) is 18.4 Å². The quantitative estimate of drug-likeness (QED) is 0.787. The molecule has 2 aromatic rings.